The van der Waals surface area contributed by atoms with Crippen molar-refractivity contribution < 1.29 is 4.79 Å². The summed E-state index contributed by atoms with van der Waals surface area (Å²) in [6, 6.07) is 2.52. The molecule has 1 fully saturated rings. The monoisotopic (exact) mass is 278 g/mol. The van der Waals surface area contributed by atoms with Gasteiger partial charge in [-0.05, 0) is 32.3 Å². The van der Waals surface area contributed by atoms with Crippen LogP contribution in [0, 0.1) is 0 Å². The summed E-state index contributed by atoms with van der Waals surface area (Å²) in [6.45, 7) is 4.26. The molecule has 0 spiro atoms. The molecular formula is C15H26N4O. The van der Waals surface area contributed by atoms with Gasteiger partial charge in [0.15, 0.2) is 0 Å². The van der Waals surface area contributed by atoms with Crippen LogP contribution in [0.3, 0.4) is 0 Å². The van der Waals surface area contributed by atoms with Crippen LogP contribution >= 0.6 is 0 Å². The average Bonchev–Trinajstić information content (AvgIpc) is 3.06. The van der Waals surface area contributed by atoms with E-state index < -0.39 is 5.54 Å². The highest BCUT2D eigenvalue weighted by Gasteiger charge is 2.27. The minimum Gasteiger partial charge on any atom is -0.349 e. The molecule has 1 aliphatic rings. The third-order valence-corrected chi connectivity index (χ3v) is 4.08. The summed E-state index contributed by atoms with van der Waals surface area (Å²) in [4.78, 5) is 12.0. The summed E-state index contributed by atoms with van der Waals surface area (Å²) >= 11 is 0. The number of amides is 1. The summed E-state index contributed by atoms with van der Waals surface area (Å²) < 4.78 is 2.04. The lowest BCUT2D eigenvalue weighted by Crippen LogP contribution is -2.51. The molecule has 5 nitrogen and oxygen atoms in total. The molecule has 0 radical (unpaired) electrons. The first kappa shape index (κ1) is 15.0. The molecule has 5 heteroatoms. The first-order valence-corrected chi connectivity index (χ1v) is 7.64. The van der Waals surface area contributed by atoms with Crippen molar-refractivity contribution in [3.63, 3.8) is 0 Å². The fourth-order valence-corrected chi connectivity index (χ4v) is 2.85. The zero-order chi connectivity index (χ0) is 14.6. The minimum atomic E-state index is -0.789. The molecule has 1 aromatic heterocycles. The van der Waals surface area contributed by atoms with Crippen LogP contribution in [0.4, 0.5) is 0 Å². The van der Waals surface area contributed by atoms with Gasteiger partial charge in [0, 0.05) is 6.20 Å². The van der Waals surface area contributed by atoms with Crippen LogP contribution in [-0.2, 0) is 11.3 Å². The molecule has 1 amide bonds. The molecule has 0 aromatic carbocycles. The molecule has 1 aliphatic carbocycles. The molecule has 2 rings (SSSR count). The van der Waals surface area contributed by atoms with Gasteiger partial charge in [-0.25, -0.2) is 0 Å². The number of nitrogens with zero attached hydrogens (tertiary/aromatic N) is 2. The zero-order valence-electron chi connectivity index (χ0n) is 12.6. The first-order chi connectivity index (χ1) is 9.53. The van der Waals surface area contributed by atoms with Crippen molar-refractivity contribution in [2.45, 2.75) is 70.5 Å². The molecular weight excluding hydrogens is 252 g/mol. The second-order valence-corrected chi connectivity index (χ2v) is 6.08. The van der Waals surface area contributed by atoms with Crippen LogP contribution in [0.2, 0.25) is 0 Å². The van der Waals surface area contributed by atoms with E-state index in [1.807, 2.05) is 23.9 Å². The molecule has 0 aliphatic heterocycles. The van der Waals surface area contributed by atoms with Crippen LogP contribution in [0.1, 0.15) is 64.1 Å². The van der Waals surface area contributed by atoms with Crippen molar-refractivity contribution in [2.24, 2.45) is 5.73 Å². The van der Waals surface area contributed by atoms with Crippen LogP contribution in [0.25, 0.3) is 0 Å². The summed E-state index contributed by atoms with van der Waals surface area (Å²) in [5.74, 6) is -0.102. The SMILES string of the molecule is CCCC(C)(N)C(=O)NCc1ccn(C2CCCC2)n1. The lowest BCUT2D eigenvalue weighted by Gasteiger charge is -2.22. The number of carbonyl (C=O) groups excluding carboxylic acids is 1. The van der Waals surface area contributed by atoms with Gasteiger partial charge in [-0.2, -0.15) is 5.10 Å². The van der Waals surface area contributed by atoms with Crippen molar-refractivity contribution in [1.29, 1.82) is 0 Å². The van der Waals surface area contributed by atoms with Crippen molar-refractivity contribution in [3.05, 3.63) is 18.0 Å². The Bertz CT molecular complexity index is 446. The number of carbonyl (C=O) groups is 1. The van der Waals surface area contributed by atoms with Crippen molar-refractivity contribution in [3.8, 4) is 0 Å². The van der Waals surface area contributed by atoms with Crippen molar-refractivity contribution in [2.75, 3.05) is 0 Å². The van der Waals surface area contributed by atoms with E-state index >= 15 is 0 Å². The lowest BCUT2D eigenvalue weighted by molar-refractivity contribution is -0.126. The summed E-state index contributed by atoms with van der Waals surface area (Å²) in [5.41, 5.74) is 6.11. The quantitative estimate of drug-likeness (QED) is 0.837. The van der Waals surface area contributed by atoms with E-state index in [9.17, 15) is 4.79 Å². The normalized spacial score (nSPS) is 18.9. The average molecular weight is 278 g/mol. The summed E-state index contributed by atoms with van der Waals surface area (Å²) in [5, 5.41) is 7.44. The van der Waals surface area contributed by atoms with Crippen LogP contribution in [-0.4, -0.2) is 21.2 Å². The fourth-order valence-electron chi connectivity index (χ4n) is 2.85. The Balaban J connectivity index is 1.86. The van der Waals surface area contributed by atoms with Gasteiger partial charge in [0.25, 0.3) is 0 Å². The molecule has 0 bridgehead atoms. The molecule has 0 saturated heterocycles. The van der Waals surface area contributed by atoms with E-state index in [0.29, 0.717) is 19.0 Å². The Morgan fingerprint density at radius 1 is 1.55 bits per heavy atom. The lowest BCUT2D eigenvalue weighted by atomic mass is 9.96. The number of hydrogen-bond acceptors (Lipinski definition) is 3. The van der Waals surface area contributed by atoms with Crippen LogP contribution < -0.4 is 11.1 Å². The maximum Gasteiger partial charge on any atom is 0.240 e. The smallest absolute Gasteiger partial charge is 0.240 e. The Morgan fingerprint density at radius 3 is 2.90 bits per heavy atom. The van der Waals surface area contributed by atoms with Gasteiger partial charge >= 0.3 is 0 Å². The van der Waals surface area contributed by atoms with Gasteiger partial charge in [-0.1, -0.05) is 26.2 Å². The van der Waals surface area contributed by atoms with E-state index in [0.717, 1.165) is 12.1 Å². The van der Waals surface area contributed by atoms with E-state index in [-0.39, 0.29) is 5.91 Å². The van der Waals surface area contributed by atoms with Gasteiger partial charge in [0.2, 0.25) is 5.91 Å². The number of nitrogens with two attached hydrogens (primary N) is 1. The molecule has 1 heterocycles. The standard InChI is InChI=1S/C15H26N4O/c1-3-9-15(2,16)14(20)17-11-12-8-10-19(18-12)13-6-4-5-7-13/h8,10,13H,3-7,9,11,16H2,1-2H3,(H,17,20). The topological polar surface area (TPSA) is 72.9 Å². The van der Waals surface area contributed by atoms with E-state index in [4.69, 9.17) is 5.73 Å². The Hall–Kier alpha value is -1.36. The molecule has 1 unspecified atom stereocenters. The predicted octanol–water partition coefficient (Wildman–Crippen LogP) is 2.13. The molecule has 1 aromatic rings. The van der Waals surface area contributed by atoms with Gasteiger partial charge in [0.05, 0.1) is 23.8 Å². The highest BCUT2D eigenvalue weighted by atomic mass is 16.2. The maximum atomic E-state index is 12.0. The second-order valence-electron chi connectivity index (χ2n) is 6.08. The molecule has 3 N–H and O–H groups in total. The van der Waals surface area contributed by atoms with Crippen LogP contribution in [0.15, 0.2) is 12.3 Å². The highest BCUT2D eigenvalue weighted by Crippen LogP contribution is 2.28. The maximum absolute atomic E-state index is 12.0. The van der Waals surface area contributed by atoms with Gasteiger partial charge in [-0.15, -0.1) is 0 Å². The Labute approximate surface area is 120 Å². The largest absolute Gasteiger partial charge is 0.349 e. The first-order valence-electron chi connectivity index (χ1n) is 7.64. The molecule has 112 valence electrons. The number of nitrogens with one attached hydrogen (secondary N) is 1. The van der Waals surface area contributed by atoms with Crippen LogP contribution in [0.5, 0.6) is 0 Å². The van der Waals surface area contributed by atoms with Gasteiger partial charge < -0.3 is 11.1 Å². The summed E-state index contributed by atoms with van der Waals surface area (Å²) in [6.07, 6.45) is 8.62. The number of aromatic nitrogens is 2. The molecule has 1 atom stereocenters. The van der Waals surface area contributed by atoms with Crippen molar-refractivity contribution in [1.82, 2.24) is 15.1 Å². The van der Waals surface area contributed by atoms with E-state index in [1.54, 1.807) is 6.92 Å². The molecule has 1 saturated carbocycles. The minimum absolute atomic E-state index is 0.102. The third-order valence-electron chi connectivity index (χ3n) is 4.08. The Kier molecular flexibility index (Phi) is 4.81. The Morgan fingerprint density at radius 2 is 2.25 bits per heavy atom. The van der Waals surface area contributed by atoms with Crippen molar-refractivity contribution >= 4 is 5.91 Å². The summed E-state index contributed by atoms with van der Waals surface area (Å²) in [7, 11) is 0. The van der Waals surface area contributed by atoms with E-state index in [2.05, 4.69) is 10.4 Å². The molecule has 20 heavy (non-hydrogen) atoms. The fraction of sp³-hybridized carbons (Fsp3) is 0.733. The van der Waals surface area contributed by atoms with Gasteiger partial charge in [0.1, 0.15) is 0 Å². The third kappa shape index (κ3) is 3.60. The van der Waals surface area contributed by atoms with Gasteiger partial charge in [-0.3, -0.25) is 9.48 Å². The second kappa shape index (κ2) is 6.39. The highest BCUT2D eigenvalue weighted by molar-refractivity contribution is 5.85. The zero-order valence-corrected chi connectivity index (χ0v) is 12.6. The predicted molar refractivity (Wildman–Crippen MR) is 79.1 cm³/mol. The number of hydrogen-bond donors (Lipinski definition) is 2. The van der Waals surface area contributed by atoms with E-state index in [1.165, 1.54) is 25.7 Å². The number of rotatable bonds is 6.